The molecule has 0 spiro atoms. The molecular formula is C31H37ClF3N3O3. The van der Waals surface area contributed by atoms with Gasteiger partial charge in [-0.1, -0.05) is 42.5 Å². The van der Waals surface area contributed by atoms with E-state index in [4.69, 9.17) is 16.3 Å². The number of alkyl halides is 4. The van der Waals surface area contributed by atoms with E-state index >= 15 is 0 Å². The molecule has 41 heavy (non-hydrogen) atoms. The van der Waals surface area contributed by atoms with Crippen molar-refractivity contribution in [2.24, 2.45) is 5.41 Å². The van der Waals surface area contributed by atoms with E-state index < -0.39 is 17.2 Å². The SMILES string of the molecule is COCCCN(Cc1cccn1Cc1cccc(C(F)(F)F)c1)C(=O)CN(Cc1ccccc1)C(=O)C(C)(C)CCl. The fourth-order valence-electron chi connectivity index (χ4n) is 4.43. The third kappa shape index (κ3) is 9.36. The molecule has 6 nitrogen and oxygen atoms in total. The highest BCUT2D eigenvalue weighted by atomic mass is 35.5. The van der Waals surface area contributed by atoms with Gasteiger partial charge in [-0.2, -0.15) is 13.2 Å². The van der Waals surface area contributed by atoms with Crippen molar-refractivity contribution in [3.8, 4) is 0 Å². The van der Waals surface area contributed by atoms with Crippen LogP contribution in [0.5, 0.6) is 0 Å². The quantitative estimate of drug-likeness (QED) is 0.165. The summed E-state index contributed by atoms with van der Waals surface area (Å²) in [5.74, 6) is -0.372. The zero-order chi connectivity index (χ0) is 30.0. The lowest BCUT2D eigenvalue weighted by Crippen LogP contribution is -2.47. The van der Waals surface area contributed by atoms with Gasteiger partial charge in [-0.3, -0.25) is 9.59 Å². The molecule has 3 aromatic rings. The summed E-state index contributed by atoms with van der Waals surface area (Å²) in [6, 6.07) is 18.3. The van der Waals surface area contributed by atoms with E-state index in [0.717, 1.165) is 23.4 Å². The number of ether oxygens (including phenoxy) is 1. The zero-order valence-corrected chi connectivity index (χ0v) is 24.4. The molecular weight excluding hydrogens is 555 g/mol. The highest BCUT2D eigenvalue weighted by Gasteiger charge is 2.33. The van der Waals surface area contributed by atoms with Crippen LogP contribution in [0, 0.1) is 5.41 Å². The molecule has 0 aliphatic heterocycles. The van der Waals surface area contributed by atoms with Gasteiger partial charge in [0.05, 0.1) is 17.5 Å². The predicted molar refractivity (Wildman–Crippen MR) is 153 cm³/mol. The molecule has 1 heterocycles. The van der Waals surface area contributed by atoms with Crippen LogP contribution in [0.3, 0.4) is 0 Å². The number of rotatable bonds is 14. The number of nitrogens with zero attached hydrogens (tertiary/aromatic N) is 3. The van der Waals surface area contributed by atoms with Gasteiger partial charge < -0.3 is 19.1 Å². The Labute approximate surface area is 244 Å². The largest absolute Gasteiger partial charge is 0.416 e. The van der Waals surface area contributed by atoms with Crippen LogP contribution in [0.1, 0.15) is 42.7 Å². The minimum atomic E-state index is -4.43. The van der Waals surface area contributed by atoms with Crippen LogP contribution in [0.2, 0.25) is 0 Å². The molecule has 2 aromatic carbocycles. The Bertz CT molecular complexity index is 1280. The smallest absolute Gasteiger partial charge is 0.385 e. The first kappa shape index (κ1) is 32.2. The molecule has 0 N–H and O–H groups in total. The molecule has 222 valence electrons. The number of aromatic nitrogens is 1. The first-order chi connectivity index (χ1) is 19.4. The number of amides is 2. The van der Waals surface area contributed by atoms with Crippen molar-refractivity contribution in [3.05, 3.63) is 95.3 Å². The molecule has 0 radical (unpaired) electrons. The van der Waals surface area contributed by atoms with Gasteiger partial charge in [-0.15, -0.1) is 11.6 Å². The molecule has 0 saturated carbocycles. The van der Waals surface area contributed by atoms with Crippen molar-refractivity contribution in [3.63, 3.8) is 0 Å². The average Bonchev–Trinajstić information content (AvgIpc) is 3.38. The van der Waals surface area contributed by atoms with E-state index in [1.807, 2.05) is 41.0 Å². The van der Waals surface area contributed by atoms with Crippen molar-refractivity contribution in [1.29, 1.82) is 0 Å². The van der Waals surface area contributed by atoms with E-state index in [1.165, 1.54) is 11.0 Å². The summed E-state index contributed by atoms with van der Waals surface area (Å²) >= 11 is 6.11. The minimum Gasteiger partial charge on any atom is -0.385 e. The van der Waals surface area contributed by atoms with Crippen LogP contribution >= 0.6 is 11.6 Å². The van der Waals surface area contributed by atoms with Crippen molar-refractivity contribution < 1.29 is 27.5 Å². The number of benzene rings is 2. The minimum absolute atomic E-state index is 0.103. The topological polar surface area (TPSA) is 54.8 Å². The Hall–Kier alpha value is -3.30. The van der Waals surface area contributed by atoms with Gasteiger partial charge in [-0.25, -0.2) is 0 Å². The maximum absolute atomic E-state index is 13.7. The Kier molecular flexibility index (Phi) is 11.4. The number of hydrogen-bond acceptors (Lipinski definition) is 3. The molecule has 1 aromatic heterocycles. The van der Waals surface area contributed by atoms with Crippen molar-refractivity contribution in [2.75, 3.05) is 32.7 Å². The zero-order valence-electron chi connectivity index (χ0n) is 23.7. The van der Waals surface area contributed by atoms with E-state index in [0.29, 0.717) is 25.1 Å². The lowest BCUT2D eigenvalue weighted by molar-refractivity contribution is -0.146. The summed E-state index contributed by atoms with van der Waals surface area (Å²) in [7, 11) is 1.58. The van der Waals surface area contributed by atoms with E-state index in [9.17, 15) is 22.8 Å². The highest BCUT2D eigenvalue weighted by Crippen LogP contribution is 2.30. The lowest BCUT2D eigenvalue weighted by Gasteiger charge is -2.32. The third-order valence-corrected chi connectivity index (χ3v) is 7.42. The van der Waals surface area contributed by atoms with Gasteiger partial charge in [0.15, 0.2) is 0 Å². The first-order valence-corrected chi connectivity index (χ1v) is 13.9. The predicted octanol–water partition coefficient (Wildman–Crippen LogP) is 6.21. The van der Waals surface area contributed by atoms with Gasteiger partial charge in [0.1, 0.15) is 6.54 Å². The number of hydrogen-bond donors (Lipinski definition) is 0. The van der Waals surface area contributed by atoms with Gasteiger partial charge in [-0.05, 0) is 55.7 Å². The second-order valence-corrected chi connectivity index (χ2v) is 10.9. The Balaban J connectivity index is 1.83. The van der Waals surface area contributed by atoms with E-state index in [2.05, 4.69) is 0 Å². The molecule has 0 bridgehead atoms. The Morgan fingerprint density at radius 2 is 1.63 bits per heavy atom. The normalized spacial score (nSPS) is 11.9. The molecule has 0 saturated heterocycles. The third-order valence-electron chi connectivity index (χ3n) is 6.76. The van der Waals surface area contributed by atoms with Crippen LogP contribution in [-0.2, 0) is 40.1 Å². The molecule has 0 unspecified atom stereocenters. The summed E-state index contributed by atoms with van der Waals surface area (Å²) in [4.78, 5) is 30.4. The van der Waals surface area contributed by atoms with E-state index in [-0.39, 0.29) is 43.9 Å². The summed E-state index contributed by atoms with van der Waals surface area (Å²) in [5.41, 5.74) is 0.577. The second-order valence-electron chi connectivity index (χ2n) is 10.7. The molecule has 2 amide bonds. The summed E-state index contributed by atoms with van der Waals surface area (Å²) in [5, 5.41) is 0. The molecule has 3 rings (SSSR count). The summed E-state index contributed by atoms with van der Waals surface area (Å²) in [6.45, 7) is 4.88. The summed E-state index contributed by atoms with van der Waals surface area (Å²) in [6.07, 6.45) is -2.07. The highest BCUT2D eigenvalue weighted by molar-refractivity contribution is 6.19. The molecule has 0 aliphatic carbocycles. The maximum Gasteiger partial charge on any atom is 0.416 e. The van der Waals surface area contributed by atoms with Gasteiger partial charge in [0.2, 0.25) is 11.8 Å². The van der Waals surface area contributed by atoms with Crippen LogP contribution in [-0.4, -0.2) is 58.9 Å². The van der Waals surface area contributed by atoms with Crippen LogP contribution in [0.4, 0.5) is 13.2 Å². The Morgan fingerprint density at radius 1 is 0.927 bits per heavy atom. The standard InChI is InChI=1S/C31H37ClF3N3O3/c1-30(2,23-32)29(40)38(19-24-10-5-4-6-11-24)22-28(39)37(16-9-17-41-3)21-27-14-8-15-36(27)20-25-12-7-13-26(18-25)31(33,34)35/h4-8,10-15,18H,9,16-17,19-23H2,1-3H3. The van der Waals surface area contributed by atoms with Gasteiger partial charge in [0.25, 0.3) is 0 Å². The van der Waals surface area contributed by atoms with Crippen LogP contribution < -0.4 is 0 Å². The molecule has 10 heteroatoms. The lowest BCUT2D eigenvalue weighted by atomic mass is 9.94. The molecule has 0 aliphatic rings. The monoisotopic (exact) mass is 591 g/mol. The fraction of sp³-hybridized carbons (Fsp3) is 0.419. The number of halogens is 4. The first-order valence-electron chi connectivity index (χ1n) is 13.4. The number of carbonyl (C=O) groups is 2. The fourth-order valence-corrected chi connectivity index (χ4v) is 4.54. The van der Waals surface area contributed by atoms with Crippen molar-refractivity contribution in [1.82, 2.24) is 14.4 Å². The number of carbonyl (C=O) groups excluding carboxylic acids is 2. The van der Waals surface area contributed by atoms with Gasteiger partial charge in [0, 0.05) is 51.1 Å². The van der Waals surface area contributed by atoms with E-state index in [1.54, 1.807) is 44.2 Å². The second kappa shape index (κ2) is 14.5. The summed E-state index contributed by atoms with van der Waals surface area (Å²) < 4.78 is 46.7. The van der Waals surface area contributed by atoms with Crippen molar-refractivity contribution >= 4 is 23.4 Å². The molecule has 0 fully saturated rings. The average molecular weight is 592 g/mol. The number of methoxy groups -OCH3 is 1. The van der Waals surface area contributed by atoms with Crippen molar-refractivity contribution in [2.45, 2.75) is 46.1 Å². The van der Waals surface area contributed by atoms with Crippen LogP contribution in [0.15, 0.2) is 72.9 Å². The maximum atomic E-state index is 13.7. The van der Waals surface area contributed by atoms with Crippen LogP contribution in [0.25, 0.3) is 0 Å². The van der Waals surface area contributed by atoms with Gasteiger partial charge >= 0.3 is 6.18 Å². The molecule has 0 atom stereocenters. The Morgan fingerprint density at radius 3 is 2.29 bits per heavy atom.